The number of ether oxygens (including phenoxy) is 1. The molecule has 1 rings (SSSR count). The van der Waals surface area contributed by atoms with Crippen LogP contribution in [0.4, 0.5) is 8.78 Å². The number of esters is 1. The van der Waals surface area contributed by atoms with Crippen LogP contribution in [-0.4, -0.2) is 23.6 Å². The average molecular weight is 358 g/mol. The summed E-state index contributed by atoms with van der Waals surface area (Å²) in [5.74, 6) is -5.90. The van der Waals surface area contributed by atoms with Gasteiger partial charge in [0.1, 0.15) is 0 Å². The maximum Gasteiger partial charge on any atom is 0.380 e. The second kappa shape index (κ2) is 5.73. The third-order valence-electron chi connectivity index (χ3n) is 2.60. The SMILES string of the molecule is CCOC(=O)C(F)(F)C(C)(O)c1ccc(Br)cc1Cl. The second-order valence-corrected chi connectivity index (χ2v) is 5.31. The number of carbonyl (C=O) groups excluding carboxylic acids is 1. The van der Waals surface area contributed by atoms with Gasteiger partial charge in [-0.25, -0.2) is 4.79 Å². The van der Waals surface area contributed by atoms with Crippen molar-refractivity contribution >= 4 is 33.5 Å². The molecule has 1 aromatic rings. The summed E-state index contributed by atoms with van der Waals surface area (Å²) in [5.41, 5.74) is -3.02. The number of alkyl halides is 2. The van der Waals surface area contributed by atoms with E-state index in [0.29, 0.717) is 4.47 Å². The molecule has 0 amide bonds. The summed E-state index contributed by atoms with van der Waals surface area (Å²) in [7, 11) is 0. The summed E-state index contributed by atoms with van der Waals surface area (Å²) in [4.78, 5) is 11.3. The molecule has 0 bridgehead atoms. The molecular formula is C12H12BrClF2O3. The Morgan fingerprint density at radius 1 is 1.53 bits per heavy atom. The predicted molar refractivity (Wildman–Crippen MR) is 70.3 cm³/mol. The van der Waals surface area contributed by atoms with E-state index in [9.17, 15) is 18.7 Å². The van der Waals surface area contributed by atoms with Gasteiger partial charge in [-0.05, 0) is 26.0 Å². The molecule has 0 spiro atoms. The zero-order valence-electron chi connectivity index (χ0n) is 10.2. The molecule has 0 aromatic heterocycles. The highest BCUT2D eigenvalue weighted by molar-refractivity contribution is 9.10. The first-order valence-electron chi connectivity index (χ1n) is 5.37. The lowest BCUT2D eigenvalue weighted by Crippen LogP contribution is -2.49. The van der Waals surface area contributed by atoms with E-state index in [1.54, 1.807) is 0 Å². The molecule has 0 saturated carbocycles. The summed E-state index contributed by atoms with van der Waals surface area (Å²) < 4.78 is 32.7. The Morgan fingerprint density at radius 3 is 2.58 bits per heavy atom. The molecule has 0 aliphatic rings. The van der Waals surface area contributed by atoms with Crippen LogP contribution in [0.5, 0.6) is 0 Å². The minimum Gasteiger partial charge on any atom is -0.461 e. The molecule has 1 atom stereocenters. The van der Waals surface area contributed by atoms with Crippen LogP contribution in [0.15, 0.2) is 22.7 Å². The lowest BCUT2D eigenvalue weighted by Gasteiger charge is -2.31. The van der Waals surface area contributed by atoms with Gasteiger partial charge in [-0.15, -0.1) is 0 Å². The zero-order valence-corrected chi connectivity index (χ0v) is 12.6. The molecule has 19 heavy (non-hydrogen) atoms. The van der Waals surface area contributed by atoms with E-state index in [1.807, 2.05) is 0 Å². The largest absolute Gasteiger partial charge is 0.461 e. The highest BCUT2D eigenvalue weighted by Crippen LogP contribution is 2.41. The fourth-order valence-electron chi connectivity index (χ4n) is 1.47. The van der Waals surface area contributed by atoms with Crippen molar-refractivity contribution in [2.75, 3.05) is 6.61 Å². The lowest BCUT2D eigenvalue weighted by molar-refractivity contribution is -0.212. The van der Waals surface area contributed by atoms with Crippen molar-refractivity contribution in [2.45, 2.75) is 25.4 Å². The molecule has 0 radical (unpaired) electrons. The summed E-state index contributed by atoms with van der Waals surface area (Å²) in [5, 5.41) is 9.95. The van der Waals surface area contributed by atoms with Crippen molar-refractivity contribution in [2.24, 2.45) is 0 Å². The maximum absolute atomic E-state index is 14.0. The molecule has 1 aromatic carbocycles. The van der Waals surface area contributed by atoms with Gasteiger partial charge in [0.05, 0.1) is 6.61 Å². The van der Waals surface area contributed by atoms with E-state index in [4.69, 9.17) is 11.6 Å². The van der Waals surface area contributed by atoms with Crippen LogP contribution in [0.3, 0.4) is 0 Å². The topological polar surface area (TPSA) is 46.5 Å². The molecule has 0 aliphatic heterocycles. The third kappa shape index (κ3) is 3.07. The summed E-state index contributed by atoms with van der Waals surface area (Å²) in [6, 6.07) is 4.02. The molecule has 0 aliphatic carbocycles. The number of rotatable bonds is 4. The van der Waals surface area contributed by atoms with Crippen molar-refractivity contribution in [3.8, 4) is 0 Å². The Bertz CT molecular complexity index is 492. The molecule has 0 fully saturated rings. The van der Waals surface area contributed by atoms with Gasteiger partial charge in [0, 0.05) is 15.1 Å². The third-order valence-corrected chi connectivity index (χ3v) is 3.40. The molecule has 1 N–H and O–H groups in total. The average Bonchev–Trinajstić information content (AvgIpc) is 2.28. The molecule has 3 nitrogen and oxygen atoms in total. The van der Waals surface area contributed by atoms with Crippen LogP contribution in [-0.2, 0) is 15.1 Å². The Kier molecular flexibility index (Phi) is 4.92. The first-order chi connectivity index (χ1) is 8.64. The van der Waals surface area contributed by atoms with Gasteiger partial charge in [-0.2, -0.15) is 8.78 Å². The van der Waals surface area contributed by atoms with Crippen LogP contribution < -0.4 is 0 Å². The minimum absolute atomic E-state index is 0.0802. The number of hydrogen-bond acceptors (Lipinski definition) is 3. The first-order valence-corrected chi connectivity index (χ1v) is 6.54. The van der Waals surface area contributed by atoms with Gasteiger partial charge in [-0.1, -0.05) is 33.6 Å². The predicted octanol–water partition coefficient (Wildman–Crippen LogP) is 3.51. The van der Waals surface area contributed by atoms with Crippen LogP contribution >= 0.6 is 27.5 Å². The Balaban J connectivity index is 3.25. The van der Waals surface area contributed by atoms with Crippen molar-refractivity contribution in [3.05, 3.63) is 33.3 Å². The van der Waals surface area contributed by atoms with Crippen LogP contribution in [0, 0.1) is 0 Å². The number of aliphatic hydroxyl groups is 1. The number of benzene rings is 1. The van der Waals surface area contributed by atoms with E-state index in [-0.39, 0.29) is 17.2 Å². The molecule has 106 valence electrons. The van der Waals surface area contributed by atoms with Crippen molar-refractivity contribution in [1.82, 2.24) is 0 Å². The Morgan fingerprint density at radius 2 is 2.11 bits per heavy atom. The normalized spacial score (nSPS) is 14.9. The summed E-state index contributed by atoms with van der Waals surface area (Å²) >= 11 is 8.95. The highest BCUT2D eigenvalue weighted by atomic mass is 79.9. The lowest BCUT2D eigenvalue weighted by atomic mass is 9.89. The maximum atomic E-state index is 14.0. The zero-order chi connectivity index (χ0) is 14.8. The van der Waals surface area contributed by atoms with Crippen LogP contribution in [0.1, 0.15) is 19.4 Å². The van der Waals surface area contributed by atoms with E-state index in [2.05, 4.69) is 20.7 Å². The number of carbonyl (C=O) groups is 1. The minimum atomic E-state index is -4.11. The molecular weight excluding hydrogens is 345 g/mol. The van der Waals surface area contributed by atoms with Crippen molar-refractivity contribution in [3.63, 3.8) is 0 Å². The molecule has 7 heteroatoms. The monoisotopic (exact) mass is 356 g/mol. The van der Waals surface area contributed by atoms with E-state index in [0.717, 1.165) is 6.92 Å². The highest BCUT2D eigenvalue weighted by Gasteiger charge is 2.58. The molecule has 0 heterocycles. The fourth-order valence-corrected chi connectivity index (χ4v) is 2.33. The van der Waals surface area contributed by atoms with E-state index in [1.165, 1.54) is 25.1 Å². The van der Waals surface area contributed by atoms with Gasteiger partial charge in [0.15, 0.2) is 5.60 Å². The quantitative estimate of drug-likeness (QED) is 0.839. The smallest absolute Gasteiger partial charge is 0.380 e. The molecule has 1 unspecified atom stereocenters. The van der Waals surface area contributed by atoms with Gasteiger partial charge < -0.3 is 9.84 Å². The standard InChI is InChI=1S/C12H12BrClF2O3/c1-3-19-10(17)12(15,16)11(2,18)8-5-4-7(13)6-9(8)14/h4-6,18H,3H2,1-2H3. The van der Waals surface area contributed by atoms with Crippen LogP contribution in [0.2, 0.25) is 5.02 Å². The first kappa shape index (κ1) is 16.3. The van der Waals surface area contributed by atoms with Gasteiger partial charge in [-0.3, -0.25) is 0 Å². The Labute approximate surface area is 122 Å². The van der Waals surface area contributed by atoms with Gasteiger partial charge >= 0.3 is 11.9 Å². The molecule has 0 saturated heterocycles. The van der Waals surface area contributed by atoms with Crippen molar-refractivity contribution < 1.29 is 23.4 Å². The van der Waals surface area contributed by atoms with E-state index < -0.39 is 17.5 Å². The summed E-state index contributed by atoms with van der Waals surface area (Å²) in [6.45, 7) is 2.01. The Hall–Kier alpha value is -0.720. The number of halogens is 4. The van der Waals surface area contributed by atoms with Crippen molar-refractivity contribution in [1.29, 1.82) is 0 Å². The summed E-state index contributed by atoms with van der Waals surface area (Å²) in [6.07, 6.45) is 0. The van der Waals surface area contributed by atoms with Gasteiger partial charge in [0.2, 0.25) is 0 Å². The van der Waals surface area contributed by atoms with E-state index >= 15 is 0 Å². The second-order valence-electron chi connectivity index (χ2n) is 3.99. The number of hydrogen-bond donors (Lipinski definition) is 1. The van der Waals surface area contributed by atoms with Crippen LogP contribution in [0.25, 0.3) is 0 Å². The van der Waals surface area contributed by atoms with Gasteiger partial charge in [0.25, 0.3) is 0 Å². The fraction of sp³-hybridized carbons (Fsp3) is 0.417.